The first kappa shape index (κ1) is 16.0. The largest absolute Gasteiger partial charge is 0.342 e. The lowest BCUT2D eigenvalue weighted by Crippen LogP contribution is -2.42. The predicted molar refractivity (Wildman–Crippen MR) is 94.9 cm³/mol. The minimum Gasteiger partial charge on any atom is -0.342 e. The molecule has 0 radical (unpaired) electrons. The van der Waals surface area contributed by atoms with Gasteiger partial charge in [0, 0.05) is 19.0 Å². The summed E-state index contributed by atoms with van der Waals surface area (Å²) in [5.74, 6) is 0.108. The molecule has 7 heteroatoms. The second kappa shape index (κ2) is 6.11. The first-order valence-corrected chi connectivity index (χ1v) is 11.0. The van der Waals surface area contributed by atoms with Crippen LogP contribution in [0.4, 0.5) is 0 Å². The zero-order chi connectivity index (χ0) is 16.7. The van der Waals surface area contributed by atoms with Crippen LogP contribution in [-0.4, -0.2) is 48.8 Å². The van der Waals surface area contributed by atoms with E-state index in [0.717, 1.165) is 29.9 Å². The SMILES string of the molecule is O=C([C@H]1CCS(=O)(=O)C1)N1CCC[C@H](c2nc3ccccc3s2)C1. The van der Waals surface area contributed by atoms with Crippen LogP contribution in [0.3, 0.4) is 0 Å². The van der Waals surface area contributed by atoms with E-state index in [1.807, 2.05) is 23.1 Å². The van der Waals surface area contributed by atoms with Crippen LogP contribution < -0.4 is 0 Å². The number of nitrogens with zero attached hydrogens (tertiary/aromatic N) is 2. The molecular weight excluding hydrogens is 344 g/mol. The molecule has 128 valence electrons. The molecule has 3 heterocycles. The molecule has 24 heavy (non-hydrogen) atoms. The molecule has 0 aliphatic carbocycles. The lowest BCUT2D eigenvalue weighted by molar-refractivity contribution is -0.135. The normalized spacial score (nSPS) is 26.8. The van der Waals surface area contributed by atoms with Crippen molar-refractivity contribution in [3.05, 3.63) is 29.3 Å². The van der Waals surface area contributed by atoms with Gasteiger partial charge in [-0.2, -0.15) is 0 Å². The van der Waals surface area contributed by atoms with Crippen LogP contribution in [0.25, 0.3) is 10.2 Å². The van der Waals surface area contributed by atoms with Gasteiger partial charge in [-0.15, -0.1) is 11.3 Å². The van der Waals surface area contributed by atoms with Crippen LogP contribution >= 0.6 is 11.3 Å². The van der Waals surface area contributed by atoms with Gasteiger partial charge in [-0.3, -0.25) is 4.79 Å². The number of thiazole rings is 1. The van der Waals surface area contributed by atoms with E-state index >= 15 is 0 Å². The summed E-state index contributed by atoms with van der Waals surface area (Å²) in [5.41, 5.74) is 1.02. The first-order valence-electron chi connectivity index (χ1n) is 8.36. The number of hydrogen-bond acceptors (Lipinski definition) is 5. The Balaban J connectivity index is 1.50. The van der Waals surface area contributed by atoms with Gasteiger partial charge in [-0.1, -0.05) is 12.1 Å². The third kappa shape index (κ3) is 3.07. The fourth-order valence-corrected chi connectivity index (χ4v) is 6.52. The van der Waals surface area contributed by atoms with Gasteiger partial charge in [0.15, 0.2) is 9.84 Å². The van der Waals surface area contributed by atoms with E-state index in [4.69, 9.17) is 4.98 Å². The van der Waals surface area contributed by atoms with E-state index in [2.05, 4.69) is 6.07 Å². The topological polar surface area (TPSA) is 67.3 Å². The standard InChI is InChI=1S/C17H20N2O3S2/c20-17(13-7-9-24(21,22)11-13)19-8-3-4-12(10-19)16-18-14-5-1-2-6-15(14)23-16/h1-2,5-6,12-13H,3-4,7-11H2/t12-,13-/m0/s1. The fourth-order valence-electron chi connectivity index (χ4n) is 3.69. The van der Waals surface area contributed by atoms with Crippen molar-refractivity contribution in [1.82, 2.24) is 9.88 Å². The fraction of sp³-hybridized carbons (Fsp3) is 0.529. The second-order valence-electron chi connectivity index (χ2n) is 6.74. The summed E-state index contributed by atoms with van der Waals surface area (Å²) in [4.78, 5) is 19.3. The van der Waals surface area contributed by atoms with E-state index in [1.54, 1.807) is 11.3 Å². The Morgan fingerprint density at radius 2 is 2.08 bits per heavy atom. The predicted octanol–water partition coefficient (Wildman–Crippen LogP) is 2.44. The molecule has 0 N–H and O–H groups in total. The van der Waals surface area contributed by atoms with Crippen molar-refractivity contribution in [2.24, 2.45) is 5.92 Å². The number of likely N-dealkylation sites (tertiary alicyclic amines) is 1. The van der Waals surface area contributed by atoms with E-state index in [9.17, 15) is 13.2 Å². The summed E-state index contributed by atoms with van der Waals surface area (Å²) in [6, 6.07) is 8.10. The molecule has 1 amide bonds. The van der Waals surface area contributed by atoms with Crippen LogP contribution in [0, 0.1) is 5.92 Å². The van der Waals surface area contributed by atoms with Gasteiger partial charge in [0.1, 0.15) is 0 Å². The highest BCUT2D eigenvalue weighted by molar-refractivity contribution is 7.91. The molecule has 5 nitrogen and oxygen atoms in total. The first-order chi connectivity index (χ1) is 11.5. The van der Waals surface area contributed by atoms with E-state index in [-0.39, 0.29) is 29.2 Å². The van der Waals surface area contributed by atoms with Crippen LogP contribution in [0.5, 0.6) is 0 Å². The van der Waals surface area contributed by atoms with Gasteiger partial charge in [0.05, 0.1) is 32.6 Å². The zero-order valence-corrected chi connectivity index (χ0v) is 15.0. The van der Waals surface area contributed by atoms with Crippen molar-refractivity contribution in [3.8, 4) is 0 Å². The Morgan fingerprint density at radius 3 is 2.83 bits per heavy atom. The summed E-state index contributed by atoms with van der Waals surface area (Å²) in [5, 5.41) is 1.09. The Labute approximate surface area is 145 Å². The van der Waals surface area contributed by atoms with E-state index in [0.29, 0.717) is 13.0 Å². The molecular formula is C17H20N2O3S2. The number of piperidine rings is 1. The third-order valence-corrected chi connectivity index (χ3v) is 7.94. The number of para-hydroxylation sites is 1. The lowest BCUT2D eigenvalue weighted by atomic mass is 9.97. The maximum atomic E-state index is 12.7. The molecule has 2 aromatic rings. The number of hydrogen-bond donors (Lipinski definition) is 0. The molecule has 4 rings (SSSR count). The molecule has 0 spiro atoms. The quantitative estimate of drug-likeness (QED) is 0.821. The molecule has 2 atom stereocenters. The van der Waals surface area contributed by atoms with Gasteiger partial charge in [0.2, 0.25) is 5.91 Å². The minimum atomic E-state index is -3.02. The number of benzene rings is 1. The average molecular weight is 364 g/mol. The summed E-state index contributed by atoms with van der Waals surface area (Å²) >= 11 is 1.70. The van der Waals surface area contributed by atoms with Gasteiger partial charge < -0.3 is 4.90 Å². The van der Waals surface area contributed by atoms with Gasteiger partial charge in [-0.05, 0) is 31.4 Å². The van der Waals surface area contributed by atoms with Crippen LogP contribution in [0.15, 0.2) is 24.3 Å². The molecule has 2 saturated heterocycles. The maximum absolute atomic E-state index is 12.7. The summed E-state index contributed by atoms with van der Waals surface area (Å²) in [6.07, 6.45) is 2.46. The van der Waals surface area contributed by atoms with Crippen molar-refractivity contribution in [2.75, 3.05) is 24.6 Å². The number of sulfone groups is 1. The molecule has 0 bridgehead atoms. The number of rotatable bonds is 2. The average Bonchev–Trinajstić information content (AvgIpc) is 3.17. The highest BCUT2D eigenvalue weighted by Gasteiger charge is 2.37. The minimum absolute atomic E-state index is 0.0156. The van der Waals surface area contributed by atoms with Gasteiger partial charge in [-0.25, -0.2) is 13.4 Å². The van der Waals surface area contributed by atoms with Crippen molar-refractivity contribution >= 4 is 37.3 Å². The van der Waals surface area contributed by atoms with Gasteiger partial charge >= 0.3 is 0 Å². The monoisotopic (exact) mass is 364 g/mol. The second-order valence-corrected chi connectivity index (χ2v) is 10.0. The summed E-state index contributed by atoms with van der Waals surface area (Å²) < 4.78 is 24.4. The number of aromatic nitrogens is 1. The van der Waals surface area contributed by atoms with E-state index < -0.39 is 9.84 Å². The Hall–Kier alpha value is -1.47. The molecule has 0 unspecified atom stereocenters. The van der Waals surface area contributed by atoms with Crippen molar-refractivity contribution in [1.29, 1.82) is 0 Å². The zero-order valence-electron chi connectivity index (χ0n) is 13.3. The number of carbonyl (C=O) groups is 1. The molecule has 2 aliphatic heterocycles. The van der Waals surface area contributed by atoms with E-state index in [1.165, 1.54) is 4.70 Å². The highest BCUT2D eigenvalue weighted by atomic mass is 32.2. The van der Waals surface area contributed by atoms with Crippen molar-refractivity contribution in [3.63, 3.8) is 0 Å². The van der Waals surface area contributed by atoms with Crippen molar-refractivity contribution in [2.45, 2.75) is 25.2 Å². The smallest absolute Gasteiger partial charge is 0.226 e. The molecule has 2 fully saturated rings. The molecule has 1 aromatic carbocycles. The Morgan fingerprint density at radius 1 is 1.25 bits per heavy atom. The number of carbonyl (C=O) groups excluding carboxylic acids is 1. The molecule has 0 saturated carbocycles. The molecule has 2 aliphatic rings. The highest BCUT2D eigenvalue weighted by Crippen LogP contribution is 2.34. The van der Waals surface area contributed by atoms with Crippen LogP contribution in [-0.2, 0) is 14.6 Å². The summed E-state index contributed by atoms with van der Waals surface area (Å²) in [6.45, 7) is 1.39. The number of amides is 1. The Bertz CT molecular complexity index is 842. The maximum Gasteiger partial charge on any atom is 0.226 e. The lowest BCUT2D eigenvalue weighted by Gasteiger charge is -2.33. The number of fused-ring (bicyclic) bond motifs is 1. The third-order valence-electron chi connectivity index (χ3n) is 4.97. The van der Waals surface area contributed by atoms with Gasteiger partial charge in [0.25, 0.3) is 0 Å². The van der Waals surface area contributed by atoms with Crippen molar-refractivity contribution < 1.29 is 13.2 Å². The Kier molecular flexibility index (Phi) is 4.08. The molecule has 1 aromatic heterocycles. The van der Waals surface area contributed by atoms with Crippen LogP contribution in [0.2, 0.25) is 0 Å². The van der Waals surface area contributed by atoms with Crippen LogP contribution in [0.1, 0.15) is 30.2 Å². The summed E-state index contributed by atoms with van der Waals surface area (Å²) in [7, 11) is -3.02.